The van der Waals surface area contributed by atoms with Crippen LogP contribution in [0.5, 0.6) is 11.5 Å². The second-order valence-corrected chi connectivity index (χ2v) is 15.9. The average molecular weight is 721 g/mol. The summed E-state index contributed by atoms with van der Waals surface area (Å²) in [6, 6.07) is 4.10. The van der Waals surface area contributed by atoms with E-state index in [0.29, 0.717) is 55.3 Å². The number of carboxylic acid groups (broad SMARTS) is 1. The van der Waals surface area contributed by atoms with E-state index >= 15 is 0 Å². The molecule has 8 rings (SSSR count). The number of ether oxygens (including phenoxy) is 4. The van der Waals surface area contributed by atoms with E-state index in [4.69, 9.17) is 18.9 Å². The molecule has 0 aromatic heterocycles. The molecule has 2 aromatic rings. The molecule has 12 nitrogen and oxygen atoms in total. The van der Waals surface area contributed by atoms with Gasteiger partial charge in [0, 0.05) is 18.6 Å². The molecule has 0 amide bonds. The van der Waals surface area contributed by atoms with Crippen molar-refractivity contribution >= 4 is 22.5 Å². The highest BCUT2D eigenvalue weighted by atomic mass is 16.7. The Morgan fingerprint density at radius 1 is 1.12 bits per heavy atom. The summed E-state index contributed by atoms with van der Waals surface area (Å²) in [5, 5.41) is 66.3. The minimum absolute atomic E-state index is 0.0299. The van der Waals surface area contributed by atoms with Crippen LogP contribution in [0, 0.1) is 36.0 Å². The highest BCUT2D eigenvalue weighted by Gasteiger charge is 2.65. The Bertz CT molecular complexity index is 1860. The molecule has 6 aliphatic rings. The molecule has 3 heterocycles. The highest BCUT2D eigenvalue weighted by molar-refractivity contribution is 6.08. The average Bonchev–Trinajstić information content (AvgIpc) is 3.48. The first kappa shape index (κ1) is 35.7. The molecule has 280 valence electrons. The summed E-state index contributed by atoms with van der Waals surface area (Å²) in [5.74, 6) is -1.35. The number of fused-ring (bicyclic) bond motifs is 3. The monoisotopic (exact) mass is 720 g/mol. The second kappa shape index (κ2) is 13.2. The largest absolute Gasteiger partial charge is 0.506 e. The summed E-state index contributed by atoms with van der Waals surface area (Å²) in [5.41, 5.74) is 2.23. The summed E-state index contributed by atoms with van der Waals surface area (Å²) >= 11 is 0. The topological polar surface area (TPSA) is 192 Å². The van der Waals surface area contributed by atoms with E-state index in [1.807, 2.05) is 0 Å². The normalized spacial score (nSPS) is 36.6. The number of aliphatic hydroxyl groups is 4. The third kappa shape index (κ3) is 5.20. The number of Topliss-reactive ketones (excluding diaryl/α,β-unsaturated/α-hetero) is 1. The number of aromatic hydroxyl groups is 1. The van der Waals surface area contributed by atoms with E-state index in [9.17, 15) is 40.2 Å². The van der Waals surface area contributed by atoms with Gasteiger partial charge in [-0.1, -0.05) is 18.6 Å². The van der Waals surface area contributed by atoms with Crippen LogP contribution in [0.2, 0.25) is 0 Å². The van der Waals surface area contributed by atoms with Crippen molar-refractivity contribution in [2.75, 3.05) is 33.0 Å². The molecule has 4 fully saturated rings. The maximum Gasteiger partial charge on any atom is 0.335 e. The Morgan fingerprint density at radius 3 is 2.65 bits per heavy atom. The van der Waals surface area contributed by atoms with Crippen molar-refractivity contribution in [3.63, 3.8) is 0 Å². The number of aromatic carboxylic acids is 1. The van der Waals surface area contributed by atoms with Crippen LogP contribution >= 0.6 is 0 Å². The number of carbonyl (C=O) groups is 2. The zero-order chi connectivity index (χ0) is 36.7. The fourth-order valence-electron chi connectivity index (χ4n) is 11.3. The number of aliphatic hydroxyl groups excluding tert-OH is 4. The van der Waals surface area contributed by atoms with Gasteiger partial charge in [-0.15, -0.1) is 0 Å². The summed E-state index contributed by atoms with van der Waals surface area (Å²) in [7, 11) is 0. The van der Waals surface area contributed by atoms with Gasteiger partial charge in [-0.25, -0.2) is 4.79 Å². The maximum absolute atomic E-state index is 12.5. The summed E-state index contributed by atoms with van der Waals surface area (Å²) < 4.78 is 25.5. The number of phenols is 1. The number of ketones is 1. The molecule has 52 heavy (non-hydrogen) atoms. The predicted molar refractivity (Wildman–Crippen MR) is 186 cm³/mol. The van der Waals surface area contributed by atoms with E-state index in [0.717, 1.165) is 31.3 Å². The highest BCUT2D eigenvalue weighted by Crippen LogP contribution is 2.67. The van der Waals surface area contributed by atoms with Crippen molar-refractivity contribution in [3.8, 4) is 11.5 Å². The molecule has 3 aliphatic carbocycles. The molecule has 3 aliphatic heterocycles. The molecule has 0 unspecified atom stereocenters. The quantitative estimate of drug-likeness (QED) is 0.217. The van der Waals surface area contributed by atoms with Crippen molar-refractivity contribution in [1.82, 2.24) is 0 Å². The Hall–Kier alpha value is -3.36. The Balaban J connectivity index is 1.16. The van der Waals surface area contributed by atoms with Gasteiger partial charge < -0.3 is 49.6 Å². The van der Waals surface area contributed by atoms with E-state index < -0.39 is 54.3 Å². The Kier molecular flexibility index (Phi) is 9.04. The van der Waals surface area contributed by atoms with Gasteiger partial charge >= 0.3 is 5.97 Å². The van der Waals surface area contributed by atoms with Gasteiger partial charge in [0.05, 0.1) is 36.3 Å². The number of carboxylic acids is 1. The molecule has 12 heteroatoms. The maximum atomic E-state index is 12.5. The van der Waals surface area contributed by atoms with Crippen LogP contribution in [-0.4, -0.2) is 106 Å². The molecular weight excluding hydrogens is 672 g/mol. The lowest BCUT2D eigenvalue weighted by Gasteiger charge is -2.61. The van der Waals surface area contributed by atoms with E-state index in [1.54, 1.807) is 13.0 Å². The molecule has 1 spiro atoms. The lowest BCUT2D eigenvalue weighted by atomic mass is 9.46. The standard InChI is InChI=1S/C40H48O12/c1-19-11-23-12-24(37(47)48)13-28(32(23)34(44)30(19)20(2)43)51-38-35(45)36(46)40(29(15-42)52-38)14-26-25-6-3-5-22-16-49-18-39(33(22)25,9-4-10-41)27-8-7-21(17-50-40)31(26)27/h8,11-13,22,25-26,29,33,35-36,38,41-42,44-46H,3-7,9-10,14-18H2,1-2H3,(H,47,48)/t22-,25-,26-,29-,33+,35-,36-,38+,39+,40+/m1/s1. The lowest BCUT2D eigenvalue weighted by Crippen LogP contribution is -2.69. The van der Waals surface area contributed by atoms with Crippen LogP contribution in [0.4, 0.5) is 0 Å². The molecular formula is C40H48O12. The predicted octanol–water partition coefficient (Wildman–Crippen LogP) is 3.81. The summed E-state index contributed by atoms with van der Waals surface area (Å²) in [6.45, 7) is 3.95. The third-order valence-corrected chi connectivity index (χ3v) is 13.2. The van der Waals surface area contributed by atoms with Crippen LogP contribution in [-0.2, 0) is 14.2 Å². The van der Waals surface area contributed by atoms with Crippen molar-refractivity contribution in [3.05, 3.63) is 57.7 Å². The van der Waals surface area contributed by atoms with E-state index in [2.05, 4.69) is 6.08 Å². The van der Waals surface area contributed by atoms with Gasteiger partial charge in [-0.2, -0.15) is 0 Å². The first-order chi connectivity index (χ1) is 25.0. The number of rotatable bonds is 8. The van der Waals surface area contributed by atoms with E-state index in [-0.39, 0.29) is 52.7 Å². The third-order valence-electron chi connectivity index (χ3n) is 13.2. The van der Waals surface area contributed by atoms with Gasteiger partial charge in [-0.05, 0) is 116 Å². The number of hydrogen-bond donors (Lipinski definition) is 6. The van der Waals surface area contributed by atoms with Crippen molar-refractivity contribution in [2.45, 2.75) is 89.0 Å². The van der Waals surface area contributed by atoms with Crippen molar-refractivity contribution in [1.29, 1.82) is 0 Å². The SMILES string of the molecule is CC(=O)c1c(C)cc2cc(C(=O)O)cc(O[C@H]3O[C@H](CO)[C@@]4(C[C@H]5C6=C(CC=C6[C@]6(CCCO)COC[C@H]7CCC[C@H]5[C@H]76)CO4)[C@H](O)[C@H]3O)c2c1O. The zero-order valence-corrected chi connectivity index (χ0v) is 29.5. The molecule has 0 bridgehead atoms. The first-order valence-electron chi connectivity index (χ1n) is 18.5. The number of aryl methyl sites for hydroxylation is 1. The molecule has 2 aromatic carbocycles. The number of hydrogen-bond acceptors (Lipinski definition) is 11. The fourth-order valence-corrected chi connectivity index (χ4v) is 11.3. The summed E-state index contributed by atoms with van der Waals surface area (Å²) in [6.07, 6.45) is 1.87. The van der Waals surface area contributed by atoms with Crippen LogP contribution in [0.15, 0.2) is 41.0 Å². The number of allylic oxidation sites excluding steroid dienone is 2. The molecule has 0 radical (unpaired) electrons. The summed E-state index contributed by atoms with van der Waals surface area (Å²) in [4.78, 5) is 24.6. The minimum atomic E-state index is -1.71. The van der Waals surface area contributed by atoms with Gasteiger partial charge in [0.2, 0.25) is 6.29 Å². The Morgan fingerprint density at radius 2 is 1.92 bits per heavy atom. The van der Waals surface area contributed by atoms with Gasteiger partial charge in [0.15, 0.2) is 5.78 Å². The van der Waals surface area contributed by atoms with E-state index in [1.165, 1.54) is 30.2 Å². The number of carbonyl (C=O) groups excluding carboxylic acids is 1. The fraction of sp³-hybridized carbons (Fsp3) is 0.600. The molecule has 6 N–H and O–H groups in total. The van der Waals surface area contributed by atoms with Crippen molar-refractivity contribution in [2.24, 2.45) is 29.1 Å². The van der Waals surface area contributed by atoms with Gasteiger partial charge in [0.25, 0.3) is 0 Å². The van der Waals surface area contributed by atoms with Crippen LogP contribution in [0.25, 0.3) is 10.8 Å². The van der Waals surface area contributed by atoms with Crippen molar-refractivity contribution < 1.29 is 59.2 Å². The minimum Gasteiger partial charge on any atom is -0.506 e. The smallest absolute Gasteiger partial charge is 0.335 e. The van der Waals surface area contributed by atoms with Crippen LogP contribution in [0.3, 0.4) is 0 Å². The molecule has 10 atom stereocenters. The van der Waals surface area contributed by atoms with Gasteiger partial charge in [-0.3, -0.25) is 4.79 Å². The lowest BCUT2D eigenvalue weighted by molar-refractivity contribution is -0.326. The van der Waals surface area contributed by atoms with Gasteiger partial charge in [0.1, 0.15) is 35.4 Å². The van der Waals surface area contributed by atoms with Crippen LogP contribution in [0.1, 0.15) is 78.1 Å². The Labute approximate surface area is 301 Å². The first-order valence-corrected chi connectivity index (χ1v) is 18.5. The number of phenolic OH excluding ortho intramolecular Hbond substituents is 1. The zero-order valence-electron chi connectivity index (χ0n) is 29.5. The second-order valence-electron chi connectivity index (χ2n) is 15.9. The number of benzene rings is 2. The van der Waals surface area contributed by atoms with Crippen LogP contribution < -0.4 is 4.74 Å². The molecule has 2 saturated carbocycles. The molecule has 2 saturated heterocycles.